The van der Waals surface area contributed by atoms with E-state index in [1.807, 2.05) is 0 Å². The minimum Gasteiger partial charge on any atom is -0.508 e. The molecular weight excluding hydrogens is 360 g/mol. The molecular formula is C21H34N2O3S. The Balaban J connectivity index is 1.94. The molecule has 0 heterocycles. The van der Waals surface area contributed by atoms with Crippen LogP contribution >= 0.6 is 11.8 Å². The number of rotatable bonds is 14. The van der Waals surface area contributed by atoms with Gasteiger partial charge in [0.25, 0.3) is 0 Å². The molecule has 0 aliphatic rings. The van der Waals surface area contributed by atoms with Crippen molar-refractivity contribution >= 4 is 23.7 Å². The van der Waals surface area contributed by atoms with Crippen LogP contribution < -0.4 is 10.6 Å². The Morgan fingerprint density at radius 2 is 1.44 bits per heavy atom. The number of benzene rings is 1. The van der Waals surface area contributed by atoms with Gasteiger partial charge in [-0.3, -0.25) is 10.1 Å². The number of thioether (sulfide) groups is 1. The number of carbonyl (C=O) groups excluding carboxylic acids is 2. The van der Waals surface area contributed by atoms with Crippen LogP contribution in [0.15, 0.2) is 29.2 Å². The van der Waals surface area contributed by atoms with Gasteiger partial charge in [-0.2, -0.15) is 0 Å². The predicted molar refractivity (Wildman–Crippen MR) is 112 cm³/mol. The lowest BCUT2D eigenvalue weighted by atomic mass is 10.1. The van der Waals surface area contributed by atoms with Crippen molar-refractivity contribution in [1.29, 1.82) is 0 Å². The third-order valence-corrected chi connectivity index (χ3v) is 5.29. The van der Waals surface area contributed by atoms with Crippen molar-refractivity contribution in [3.8, 4) is 5.75 Å². The number of urea groups is 1. The summed E-state index contributed by atoms with van der Waals surface area (Å²) in [6.45, 7) is 2.84. The first-order chi connectivity index (χ1) is 13.1. The quantitative estimate of drug-likeness (QED) is 0.298. The first-order valence-corrected chi connectivity index (χ1v) is 11.1. The van der Waals surface area contributed by atoms with Crippen LogP contribution in [0, 0.1) is 0 Å². The highest BCUT2D eigenvalue weighted by Gasteiger charge is 2.07. The van der Waals surface area contributed by atoms with Gasteiger partial charge in [-0.05, 0) is 30.7 Å². The molecule has 0 atom stereocenters. The second-order valence-electron chi connectivity index (χ2n) is 6.77. The molecule has 0 spiro atoms. The fourth-order valence-corrected chi connectivity index (χ4v) is 3.41. The number of imide groups is 1. The maximum absolute atomic E-state index is 11.8. The highest BCUT2D eigenvalue weighted by Crippen LogP contribution is 2.20. The number of phenols is 1. The van der Waals surface area contributed by atoms with Crippen LogP contribution in [0.4, 0.5) is 4.79 Å². The van der Waals surface area contributed by atoms with Gasteiger partial charge >= 0.3 is 6.03 Å². The van der Waals surface area contributed by atoms with Crippen LogP contribution in [0.5, 0.6) is 5.75 Å². The zero-order valence-electron chi connectivity index (χ0n) is 16.5. The van der Waals surface area contributed by atoms with Crippen molar-refractivity contribution in [3.63, 3.8) is 0 Å². The van der Waals surface area contributed by atoms with E-state index in [4.69, 9.17) is 0 Å². The molecule has 27 heavy (non-hydrogen) atoms. The summed E-state index contributed by atoms with van der Waals surface area (Å²) in [5, 5.41) is 14.3. The molecule has 0 unspecified atom stereocenters. The summed E-state index contributed by atoms with van der Waals surface area (Å²) in [7, 11) is 0. The van der Waals surface area contributed by atoms with Gasteiger partial charge in [-0.25, -0.2) is 4.79 Å². The Morgan fingerprint density at radius 3 is 2.04 bits per heavy atom. The second-order valence-corrected chi connectivity index (χ2v) is 7.82. The molecule has 5 nitrogen and oxygen atoms in total. The Kier molecular flexibility index (Phi) is 13.3. The van der Waals surface area contributed by atoms with E-state index in [-0.39, 0.29) is 17.4 Å². The molecule has 0 aromatic heterocycles. The van der Waals surface area contributed by atoms with E-state index in [1.165, 1.54) is 63.1 Å². The average Bonchev–Trinajstić information content (AvgIpc) is 2.65. The van der Waals surface area contributed by atoms with Gasteiger partial charge in [-0.1, -0.05) is 64.7 Å². The molecule has 1 aromatic carbocycles. The molecule has 3 N–H and O–H groups in total. The number of aromatic hydroxyl groups is 1. The Bertz CT molecular complexity index is 535. The molecule has 0 saturated heterocycles. The van der Waals surface area contributed by atoms with Crippen molar-refractivity contribution in [2.75, 3.05) is 12.3 Å². The summed E-state index contributed by atoms with van der Waals surface area (Å²) in [4.78, 5) is 24.3. The van der Waals surface area contributed by atoms with Crippen molar-refractivity contribution in [2.45, 2.75) is 76.0 Å². The van der Waals surface area contributed by atoms with Crippen molar-refractivity contribution in [2.24, 2.45) is 0 Å². The summed E-state index contributed by atoms with van der Waals surface area (Å²) in [5.41, 5.74) is 0. The molecule has 3 amide bonds. The van der Waals surface area contributed by atoms with E-state index in [9.17, 15) is 14.7 Å². The number of amides is 3. The molecule has 0 radical (unpaired) electrons. The number of nitrogens with one attached hydrogen (secondary N) is 2. The lowest BCUT2D eigenvalue weighted by Gasteiger charge is -2.07. The number of phenolic OH excluding ortho intramolecular Hbond substituents is 1. The maximum Gasteiger partial charge on any atom is 0.321 e. The highest BCUT2D eigenvalue weighted by molar-refractivity contribution is 8.00. The van der Waals surface area contributed by atoms with Crippen LogP contribution in [0.1, 0.15) is 71.1 Å². The van der Waals surface area contributed by atoms with Crippen molar-refractivity contribution in [3.05, 3.63) is 24.3 Å². The Morgan fingerprint density at radius 1 is 0.889 bits per heavy atom. The van der Waals surface area contributed by atoms with Crippen LogP contribution in [-0.2, 0) is 4.79 Å². The van der Waals surface area contributed by atoms with Gasteiger partial charge in [0, 0.05) is 11.4 Å². The van der Waals surface area contributed by atoms with Crippen molar-refractivity contribution < 1.29 is 14.7 Å². The number of carbonyl (C=O) groups is 2. The van der Waals surface area contributed by atoms with Crippen LogP contribution in [0.25, 0.3) is 0 Å². The van der Waals surface area contributed by atoms with Gasteiger partial charge in [0.1, 0.15) is 5.75 Å². The molecule has 152 valence electrons. The van der Waals surface area contributed by atoms with Crippen molar-refractivity contribution in [1.82, 2.24) is 10.6 Å². The average molecular weight is 395 g/mol. The first-order valence-electron chi connectivity index (χ1n) is 10.1. The van der Waals surface area contributed by atoms with Crippen LogP contribution in [0.2, 0.25) is 0 Å². The van der Waals surface area contributed by atoms with E-state index >= 15 is 0 Å². The van der Waals surface area contributed by atoms with E-state index in [0.29, 0.717) is 6.54 Å². The van der Waals surface area contributed by atoms with Crippen LogP contribution in [0.3, 0.4) is 0 Å². The molecule has 0 fully saturated rings. The van der Waals surface area contributed by atoms with E-state index in [1.54, 1.807) is 24.3 Å². The molecule has 0 saturated carbocycles. The number of hydrogen-bond donors (Lipinski definition) is 3. The number of hydrogen-bond acceptors (Lipinski definition) is 4. The SMILES string of the molecule is CCCCCCCCCCCCNC(=O)NC(=O)CSc1ccc(O)cc1. The topological polar surface area (TPSA) is 78.4 Å². The first kappa shape index (κ1) is 23.3. The zero-order chi connectivity index (χ0) is 19.7. The Labute approximate surface area is 167 Å². The second kappa shape index (κ2) is 15.4. The van der Waals surface area contributed by atoms with Gasteiger partial charge < -0.3 is 10.4 Å². The lowest BCUT2D eigenvalue weighted by Crippen LogP contribution is -2.40. The summed E-state index contributed by atoms with van der Waals surface area (Å²) in [6.07, 6.45) is 12.5. The molecule has 1 rings (SSSR count). The molecule has 0 aliphatic heterocycles. The third kappa shape index (κ3) is 13.2. The van der Waals surface area contributed by atoms with Gasteiger partial charge in [0.15, 0.2) is 0 Å². The smallest absolute Gasteiger partial charge is 0.321 e. The highest BCUT2D eigenvalue weighted by atomic mass is 32.2. The number of unbranched alkanes of at least 4 members (excludes halogenated alkanes) is 9. The van der Waals surface area contributed by atoms with Crippen LogP contribution in [-0.4, -0.2) is 29.3 Å². The summed E-state index contributed by atoms with van der Waals surface area (Å²) < 4.78 is 0. The minimum atomic E-state index is -0.428. The molecule has 0 aliphatic carbocycles. The third-order valence-electron chi connectivity index (χ3n) is 4.28. The lowest BCUT2D eigenvalue weighted by molar-refractivity contribution is -0.117. The standard InChI is InChI=1S/C21H34N2O3S/c1-2-3-4-5-6-7-8-9-10-11-16-22-21(26)23-20(25)17-27-19-14-12-18(24)13-15-19/h12-15,24H,2-11,16-17H2,1H3,(H2,22,23,25,26). The summed E-state index contributed by atoms with van der Waals surface area (Å²) in [5.74, 6) is 0.0278. The summed E-state index contributed by atoms with van der Waals surface area (Å²) in [6, 6.07) is 6.18. The fourth-order valence-electron chi connectivity index (χ4n) is 2.71. The van der Waals surface area contributed by atoms with Gasteiger partial charge in [0.2, 0.25) is 5.91 Å². The molecule has 6 heteroatoms. The summed E-state index contributed by atoms with van der Waals surface area (Å²) >= 11 is 1.32. The van der Waals surface area contributed by atoms with E-state index in [2.05, 4.69) is 17.6 Å². The minimum absolute atomic E-state index is 0.163. The Hall–Kier alpha value is -1.69. The zero-order valence-corrected chi connectivity index (χ0v) is 17.3. The van der Waals surface area contributed by atoms with Gasteiger partial charge in [-0.15, -0.1) is 11.8 Å². The van der Waals surface area contributed by atoms with E-state index < -0.39 is 6.03 Å². The molecule has 0 bridgehead atoms. The normalized spacial score (nSPS) is 10.6. The molecule has 1 aromatic rings. The largest absolute Gasteiger partial charge is 0.508 e. The monoisotopic (exact) mass is 394 g/mol. The predicted octanol–water partition coefficient (Wildman–Crippen LogP) is 5.23. The fraction of sp³-hybridized carbons (Fsp3) is 0.619. The van der Waals surface area contributed by atoms with Gasteiger partial charge in [0.05, 0.1) is 5.75 Å². The maximum atomic E-state index is 11.8. The van der Waals surface area contributed by atoms with E-state index in [0.717, 1.165) is 17.7 Å².